The van der Waals surface area contributed by atoms with Gasteiger partial charge >= 0.3 is 0 Å². The molecule has 0 spiro atoms. The second-order valence-corrected chi connectivity index (χ2v) is 9.45. The minimum atomic E-state index is -3.81. The maximum Gasteiger partial charge on any atom is 0.253 e. The predicted molar refractivity (Wildman–Crippen MR) is 120 cm³/mol. The maximum absolute atomic E-state index is 12.9. The first-order valence-electron chi connectivity index (χ1n) is 10.1. The van der Waals surface area contributed by atoms with Gasteiger partial charge in [-0.15, -0.1) is 0 Å². The Bertz CT molecular complexity index is 1240. The summed E-state index contributed by atoms with van der Waals surface area (Å²) < 4.78 is 38.8. The van der Waals surface area contributed by atoms with Crippen molar-refractivity contribution in [2.24, 2.45) is 0 Å². The third kappa shape index (κ3) is 4.92. The summed E-state index contributed by atoms with van der Waals surface area (Å²) in [5, 5.41) is 0. The van der Waals surface area contributed by atoms with E-state index in [2.05, 4.69) is 4.72 Å². The Morgan fingerprint density at radius 3 is 2.47 bits per heavy atom. The van der Waals surface area contributed by atoms with E-state index in [-0.39, 0.29) is 24.1 Å². The van der Waals surface area contributed by atoms with Gasteiger partial charge in [0.2, 0.25) is 16.8 Å². The molecule has 0 saturated carbocycles. The minimum Gasteiger partial charge on any atom is -0.454 e. The molecule has 0 fully saturated rings. The summed E-state index contributed by atoms with van der Waals surface area (Å²) in [7, 11) is -2.12. The molecule has 1 heterocycles. The first-order valence-corrected chi connectivity index (χ1v) is 11.6. The minimum absolute atomic E-state index is 0.0350. The number of amides is 1. The number of aryl methyl sites for hydroxylation is 1. The van der Waals surface area contributed by atoms with Gasteiger partial charge in [-0.2, -0.15) is 0 Å². The van der Waals surface area contributed by atoms with E-state index in [9.17, 15) is 13.2 Å². The Labute approximate surface area is 187 Å². The zero-order chi connectivity index (χ0) is 22.7. The van der Waals surface area contributed by atoms with Gasteiger partial charge in [-0.25, -0.2) is 13.1 Å². The first-order chi connectivity index (χ1) is 15.3. The monoisotopic (exact) mass is 452 g/mol. The molecule has 0 bridgehead atoms. The topological polar surface area (TPSA) is 84.9 Å². The van der Waals surface area contributed by atoms with Crippen molar-refractivity contribution in [1.82, 2.24) is 9.62 Å². The van der Waals surface area contributed by atoms with Crippen LogP contribution in [0.4, 0.5) is 0 Å². The third-order valence-corrected chi connectivity index (χ3v) is 6.58. The third-order valence-electron chi connectivity index (χ3n) is 5.18. The molecule has 166 valence electrons. The van der Waals surface area contributed by atoms with Crippen LogP contribution in [-0.2, 0) is 23.1 Å². The highest BCUT2D eigenvalue weighted by Crippen LogP contribution is 2.32. The van der Waals surface area contributed by atoms with Crippen LogP contribution in [-0.4, -0.2) is 33.1 Å². The Hall–Kier alpha value is -3.36. The van der Waals surface area contributed by atoms with E-state index in [0.717, 1.165) is 16.7 Å². The fourth-order valence-corrected chi connectivity index (χ4v) is 4.43. The van der Waals surface area contributed by atoms with Crippen LogP contribution in [0, 0.1) is 6.92 Å². The Kier molecular flexibility index (Phi) is 6.16. The van der Waals surface area contributed by atoms with E-state index >= 15 is 0 Å². The van der Waals surface area contributed by atoms with Gasteiger partial charge in [-0.1, -0.05) is 42.0 Å². The average Bonchev–Trinajstić information content (AvgIpc) is 3.27. The highest BCUT2D eigenvalue weighted by Gasteiger charge is 2.19. The van der Waals surface area contributed by atoms with Crippen molar-refractivity contribution in [3.63, 3.8) is 0 Å². The lowest BCUT2D eigenvalue weighted by molar-refractivity contribution is 0.0785. The zero-order valence-electron chi connectivity index (χ0n) is 17.9. The summed E-state index contributed by atoms with van der Waals surface area (Å²) in [5.74, 6) is 0.974. The van der Waals surface area contributed by atoms with Crippen molar-refractivity contribution in [2.75, 3.05) is 13.8 Å². The molecule has 7 nitrogen and oxygen atoms in total. The zero-order valence-corrected chi connectivity index (χ0v) is 18.7. The van der Waals surface area contributed by atoms with Gasteiger partial charge in [-0.3, -0.25) is 4.79 Å². The number of benzene rings is 3. The van der Waals surface area contributed by atoms with Crippen LogP contribution in [0.25, 0.3) is 0 Å². The Morgan fingerprint density at radius 2 is 1.69 bits per heavy atom. The molecular weight excluding hydrogens is 428 g/mol. The maximum atomic E-state index is 12.9. The summed E-state index contributed by atoms with van der Waals surface area (Å²) in [6.07, 6.45) is 0. The van der Waals surface area contributed by atoms with Crippen LogP contribution < -0.4 is 14.2 Å². The lowest BCUT2D eigenvalue weighted by Gasteiger charge is -2.18. The summed E-state index contributed by atoms with van der Waals surface area (Å²) in [6.45, 7) is 2.68. The lowest BCUT2D eigenvalue weighted by atomic mass is 10.1. The van der Waals surface area contributed by atoms with Crippen LogP contribution in [0.3, 0.4) is 0 Å². The van der Waals surface area contributed by atoms with E-state index < -0.39 is 10.0 Å². The van der Waals surface area contributed by atoms with E-state index in [1.807, 2.05) is 31.2 Å². The molecule has 1 amide bonds. The molecule has 1 N–H and O–H groups in total. The standard InChI is InChI=1S/C24H24N2O5S/c1-17-6-8-18(9-7-17)15-26(2)24(27)20-4-3-5-21(13-20)32(28,29)25-14-19-10-11-22-23(12-19)31-16-30-22/h3-13,25H,14-16H2,1-2H3. The molecule has 1 aliphatic heterocycles. The molecule has 0 saturated heterocycles. The summed E-state index contributed by atoms with van der Waals surface area (Å²) in [5.41, 5.74) is 3.20. The van der Waals surface area contributed by atoms with E-state index in [0.29, 0.717) is 23.6 Å². The predicted octanol–water partition coefficient (Wildman–Crippen LogP) is 3.47. The molecule has 1 aliphatic rings. The molecule has 0 unspecified atom stereocenters. The SMILES string of the molecule is Cc1ccc(CN(C)C(=O)c2cccc(S(=O)(=O)NCc3ccc4c(c3)OCO4)c2)cc1. The molecule has 0 aliphatic carbocycles. The fourth-order valence-electron chi connectivity index (χ4n) is 3.37. The number of carbonyl (C=O) groups is 1. The highest BCUT2D eigenvalue weighted by molar-refractivity contribution is 7.89. The largest absolute Gasteiger partial charge is 0.454 e. The average molecular weight is 453 g/mol. The summed E-state index contributed by atoms with van der Waals surface area (Å²) in [4.78, 5) is 14.5. The molecule has 0 radical (unpaired) electrons. The van der Waals surface area contributed by atoms with Crippen LogP contribution >= 0.6 is 0 Å². The summed E-state index contributed by atoms with van der Waals surface area (Å²) in [6, 6.07) is 19.2. The Balaban J connectivity index is 1.44. The summed E-state index contributed by atoms with van der Waals surface area (Å²) >= 11 is 0. The van der Waals surface area contributed by atoms with Gasteiger partial charge in [0, 0.05) is 25.7 Å². The number of rotatable bonds is 7. The van der Waals surface area contributed by atoms with Crippen LogP contribution in [0.1, 0.15) is 27.0 Å². The highest BCUT2D eigenvalue weighted by atomic mass is 32.2. The van der Waals surface area contributed by atoms with Crippen molar-refractivity contribution < 1.29 is 22.7 Å². The number of carbonyl (C=O) groups excluding carboxylic acids is 1. The smallest absolute Gasteiger partial charge is 0.253 e. The van der Waals surface area contributed by atoms with Gasteiger partial charge in [0.05, 0.1) is 4.90 Å². The first kappa shape index (κ1) is 21.9. The van der Waals surface area contributed by atoms with Crippen LogP contribution in [0.2, 0.25) is 0 Å². The van der Waals surface area contributed by atoms with Gasteiger partial charge < -0.3 is 14.4 Å². The molecule has 3 aromatic carbocycles. The molecule has 4 rings (SSSR count). The number of fused-ring (bicyclic) bond motifs is 1. The van der Waals surface area contributed by atoms with Gasteiger partial charge in [0.25, 0.3) is 5.91 Å². The van der Waals surface area contributed by atoms with Crippen molar-refractivity contribution in [1.29, 1.82) is 0 Å². The number of hydrogen-bond donors (Lipinski definition) is 1. The number of nitrogens with one attached hydrogen (secondary N) is 1. The Morgan fingerprint density at radius 1 is 0.969 bits per heavy atom. The van der Waals surface area contributed by atoms with Gasteiger partial charge in [-0.05, 0) is 48.4 Å². The number of nitrogens with zero attached hydrogens (tertiary/aromatic N) is 1. The second-order valence-electron chi connectivity index (χ2n) is 7.69. The van der Waals surface area contributed by atoms with E-state index in [1.165, 1.54) is 12.1 Å². The van der Waals surface area contributed by atoms with E-state index in [4.69, 9.17) is 9.47 Å². The second kappa shape index (κ2) is 9.02. The van der Waals surface area contributed by atoms with Gasteiger partial charge in [0.15, 0.2) is 11.5 Å². The van der Waals surface area contributed by atoms with Crippen molar-refractivity contribution >= 4 is 15.9 Å². The van der Waals surface area contributed by atoms with Crippen molar-refractivity contribution in [3.05, 3.63) is 89.0 Å². The van der Waals surface area contributed by atoms with Crippen LogP contribution in [0.15, 0.2) is 71.6 Å². The van der Waals surface area contributed by atoms with Crippen LogP contribution in [0.5, 0.6) is 11.5 Å². The molecular formula is C24H24N2O5S. The van der Waals surface area contributed by atoms with Crippen molar-refractivity contribution in [3.8, 4) is 11.5 Å². The normalized spacial score (nSPS) is 12.6. The molecule has 32 heavy (non-hydrogen) atoms. The lowest BCUT2D eigenvalue weighted by Crippen LogP contribution is -2.27. The molecule has 0 aromatic heterocycles. The molecule has 0 atom stereocenters. The van der Waals surface area contributed by atoms with E-state index in [1.54, 1.807) is 42.3 Å². The molecule has 8 heteroatoms. The quantitative estimate of drug-likeness (QED) is 0.593. The number of sulfonamides is 1. The van der Waals surface area contributed by atoms with Crippen molar-refractivity contribution in [2.45, 2.75) is 24.9 Å². The number of ether oxygens (including phenoxy) is 2. The fraction of sp³-hybridized carbons (Fsp3) is 0.208. The van der Waals surface area contributed by atoms with Gasteiger partial charge in [0.1, 0.15) is 0 Å². The molecule has 3 aromatic rings. The number of hydrogen-bond acceptors (Lipinski definition) is 5.